The largest absolute Gasteiger partial charge is 0.454 e. The van der Waals surface area contributed by atoms with Crippen molar-refractivity contribution < 1.29 is 14.3 Å². The normalized spacial score (nSPS) is 19.6. The Balaban J connectivity index is 1.80. The minimum atomic E-state index is -0.0505. The summed E-state index contributed by atoms with van der Waals surface area (Å²) < 4.78 is 10.7. The van der Waals surface area contributed by atoms with Crippen molar-refractivity contribution in [3.8, 4) is 11.5 Å². The molecule has 0 aliphatic carbocycles. The number of hydrogen-bond acceptors (Lipinski definition) is 6. The van der Waals surface area contributed by atoms with Crippen molar-refractivity contribution in [3.63, 3.8) is 0 Å². The number of rotatable bonds is 1. The van der Waals surface area contributed by atoms with E-state index < -0.39 is 0 Å². The summed E-state index contributed by atoms with van der Waals surface area (Å²) >= 11 is 1.41. The van der Waals surface area contributed by atoms with Crippen molar-refractivity contribution in [2.24, 2.45) is 0 Å². The predicted octanol–water partition coefficient (Wildman–Crippen LogP) is 1.93. The fourth-order valence-corrected chi connectivity index (χ4v) is 3.45. The van der Waals surface area contributed by atoms with Gasteiger partial charge in [-0.15, -0.1) is 0 Å². The number of carbonyl (C=O) groups is 1. The third kappa shape index (κ3) is 1.70. The molecule has 0 radical (unpaired) electrons. The van der Waals surface area contributed by atoms with Crippen LogP contribution in [0.2, 0.25) is 0 Å². The second-order valence-electron chi connectivity index (χ2n) is 4.68. The van der Waals surface area contributed by atoms with Crippen LogP contribution in [-0.2, 0) is 4.79 Å². The van der Waals surface area contributed by atoms with E-state index in [1.54, 1.807) is 0 Å². The number of hydrogen-bond donors (Lipinski definition) is 2. The molecule has 2 aromatic rings. The topological polar surface area (TPSA) is 86.5 Å². The van der Waals surface area contributed by atoms with E-state index in [0.29, 0.717) is 23.1 Å². The van der Waals surface area contributed by atoms with Crippen molar-refractivity contribution in [3.05, 3.63) is 28.6 Å². The summed E-state index contributed by atoms with van der Waals surface area (Å²) in [6.45, 7) is 0.239. The fraction of sp³-hybridized carbons (Fsp3) is 0.231. The van der Waals surface area contributed by atoms with Gasteiger partial charge >= 0.3 is 0 Å². The molecule has 7 heteroatoms. The van der Waals surface area contributed by atoms with Gasteiger partial charge in [0.2, 0.25) is 12.7 Å². The Morgan fingerprint density at radius 3 is 3.10 bits per heavy atom. The standard InChI is InChI=1S/C13H11N3O3S/c14-13-16-12-11(20-13)7(4-10(17)15-12)6-1-2-8-9(3-6)19-5-18-8/h1-3,7H,4-5H2,(H2,14,16)(H,15,17). The molecule has 4 rings (SSSR count). The van der Waals surface area contributed by atoms with Crippen molar-refractivity contribution in [1.29, 1.82) is 0 Å². The maximum Gasteiger partial charge on any atom is 0.231 e. The Kier molecular flexibility index (Phi) is 2.37. The molecule has 3 N–H and O–H groups in total. The van der Waals surface area contributed by atoms with Gasteiger partial charge in [-0.25, -0.2) is 4.98 Å². The zero-order valence-electron chi connectivity index (χ0n) is 10.4. The van der Waals surface area contributed by atoms with Crippen molar-refractivity contribution in [2.45, 2.75) is 12.3 Å². The Bertz CT molecular complexity index is 713. The highest BCUT2D eigenvalue weighted by Gasteiger charge is 2.31. The number of benzene rings is 1. The molecule has 0 fully saturated rings. The van der Waals surface area contributed by atoms with Crippen LogP contribution >= 0.6 is 11.3 Å². The first kappa shape index (κ1) is 11.5. The minimum absolute atomic E-state index is 0.0388. The lowest BCUT2D eigenvalue weighted by Crippen LogP contribution is -2.22. The summed E-state index contributed by atoms with van der Waals surface area (Å²) in [5.41, 5.74) is 6.75. The van der Waals surface area contributed by atoms with E-state index in [1.807, 2.05) is 18.2 Å². The highest BCUT2D eigenvalue weighted by Crippen LogP contribution is 2.44. The number of thiazole rings is 1. The van der Waals surface area contributed by atoms with Crippen LogP contribution in [0, 0.1) is 0 Å². The molecule has 2 aliphatic rings. The van der Waals surface area contributed by atoms with Gasteiger partial charge in [-0.3, -0.25) is 4.79 Å². The van der Waals surface area contributed by atoms with E-state index in [2.05, 4.69) is 10.3 Å². The molecule has 1 amide bonds. The molecule has 102 valence electrons. The minimum Gasteiger partial charge on any atom is -0.454 e. The van der Waals surface area contributed by atoms with Crippen LogP contribution < -0.4 is 20.5 Å². The number of anilines is 2. The van der Waals surface area contributed by atoms with E-state index >= 15 is 0 Å². The molecule has 0 saturated heterocycles. The Labute approximate surface area is 118 Å². The molecule has 0 saturated carbocycles. The number of nitrogens with two attached hydrogens (primary N) is 1. The molecule has 1 unspecified atom stereocenters. The number of nitrogens with zero attached hydrogens (tertiary/aromatic N) is 1. The first-order valence-electron chi connectivity index (χ1n) is 6.16. The van der Waals surface area contributed by atoms with Crippen LogP contribution in [-0.4, -0.2) is 17.7 Å². The molecule has 2 aliphatic heterocycles. The number of ether oxygens (including phenoxy) is 2. The lowest BCUT2D eigenvalue weighted by atomic mass is 9.91. The number of carbonyl (C=O) groups excluding carboxylic acids is 1. The number of nitrogens with one attached hydrogen (secondary N) is 1. The van der Waals surface area contributed by atoms with Crippen LogP contribution in [0.5, 0.6) is 11.5 Å². The second-order valence-corrected chi connectivity index (χ2v) is 5.74. The highest BCUT2D eigenvalue weighted by molar-refractivity contribution is 7.16. The lowest BCUT2D eigenvalue weighted by Gasteiger charge is -2.21. The molecule has 1 aromatic heterocycles. The van der Waals surface area contributed by atoms with Crippen molar-refractivity contribution >= 4 is 28.2 Å². The quantitative estimate of drug-likeness (QED) is 0.837. The molecule has 6 nitrogen and oxygen atoms in total. The van der Waals surface area contributed by atoms with Gasteiger partial charge in [0.1, 0.15) is 5.82 Å². The van der Waals surface area contributed by atoms with Gasteiger partial charge in [0.15, 0.2) is 16.6 Å². The zero-order valence-corrected chi connectivity index (χ0v) is 11.2. The number of amides is 1. The average molecular weight is 289 g/mol. The van der Waals surface area contributed by atoms with Gasteiger partial charge in [0.05, 0.1) is 4.88 Å². The second kappa shape index (κ2) is 4.11. The van der Waals surface area contributed by atoms with E-state index in [-0.39, 0.29) is 18.6 Å². The van der Waals surface area contributed by atoms with Crippen LogP contribution in [0.15, 0.2) is 18.2 Å². The first-order valence-corrected chi connectivity index (χ1v) is 6.98. The molecule has 1 aromatic carbocycles. The van der Waals surface area contributed by atoms with E-state index in [4.69, 9.17) is 15.2 Å². The number of aromatic nitrogens is 1. The Morgan fingerprint density at radius 2 is 2.20 bits per heavy atom. The monoisotopic (exact) mass is 289 g/mol. The van der Waals surface area contributed by atoms with Crippen LogP contribution in [0.4, 0.5) is 10.9 Å². The smallest absolute Gasteiger partial charge is 0.231 e. The SMILES string of the molecule is Nc1nc2c(s1)C(c1ccc3c(c1)OCO3)CC(=O)N2. The number of fused-ring (bicyclic) bond motifs is 2. The molecule has 0 spiro atoms. The molecule has 3 heterocycles. The maximum absolute atomic E-state index is 11.8. The van der Waals surface area contributed by atoms with Crippen LogP contribution in [0.25, 0.3) is 0 Å². The third-order valence-electron chi connectivity index (χ3n) is 3.43. The average Bonchev–Trinajstić information content (AvgIpc) is 3.01. The first-order chi connectivity index (χ1) is 9.70. The van der Waals surface area contributed by atoms with Crippen LogP contribution in [0.1, 0.15) is 22.8 Å². The molecular weight excluding hydrogens is 278 g/mol. The van der Waals surface area contributed by atoms with Crippen LogP contribution in [0.3, 0.4) is 0 Å². The van der Waals surface area contributed by atoms with E-state index in [0.717, 1.165) is 16.2 Å². The summed E-state index contributed by atoms with van der Waals surface area (Å²) in [4.78, 5) is 17.0. The van der Waals surface area contributed by atoms with Gasteiger partial charge in [-0.05, 0) is 17.7 Å². The number of nitrogen functional groups attached to an aromatic ring is 1. The highest BCUT2D eigenvalue weighted by atomic mass is 32.1. The van der Waals surface area contributed by atoms with Crippen molar-refractivity contribution in [2.75, 3.05) is 17.8 Å². The summed E-state index contributed by atoms with van der Waals surface area (Å²) in [5, 5.41) is 3.22. The van der Waals surface area contributed by atoms with Gasteiger partial charge in [0, 0.05) is 12.3 Å². The summed E-state index contributed by atoms with van der Waals surface area (Å²) in [7, 11) is 0. The van der Waals surface area contributed by atoms with Gasteiger partial charge in [-0.1, -0.05) is 17.4 Å². The van der Waals surface area contributed by atoms with Crippen molar-refractivity contribution in [1.82, 2.24) is 4.98 Å². The van der Waals surface area contributed by atoms with E-state index in [9.17, 15) is 4.79 Å². The summed E-state index contributed by atoms with van der Waals surface area (Å²) in [5.74, 6) is 1.94. The van der Waals surface area contributed by atoms with Gasteiger partial charge in [-0.2, -0.15) is 0 Å². The van der Waals surface area contributed by atoms with Gasteiger partial charge in [0.25, 0.3) is 0 Å². The molecule has 0 bridgehead atoms. The van der Waals surface area contributed by atoms with E-state index in [1.165, 1.54) is 11.3 Å². The molecular formula is C13H11N3O3S. The Morgan fingerprint density at radius 1 is 1.35 bits per heavy atom. The third-order valence-corrected chi connectivity index (χ3v) is 4.43. The molecule has 1 atom stereocenters. The van der Waals surface area contributed by atoms with Gasteiger partial charge < -0.3 is 20.5 Å². The summed E-state index contributed by atoms with van der Waals surface area (Å²) in [6.07, 6.45) is 0.383. The zero-order chi connectivity index (χ0) is 13.7. The molecule has 20 heavy (non-hydrogen) atoms. The fourth-order valence-electron chi connectivity index (χ4n) is 2.54. The predicted molar refractivity (Wildman–Crippen MR) is 74.2 cm³/mol. The summed E-state index contributed by atoms with van der Waals surface area (Å²) in [6, 6.07) is 5.75. The maximum atomic E-state index is 11.8. The Hall–Kier alpha value is -2.28. The lowest BCUT2D eigenvalue weighted by molar-refractivity contribution is -0.116.